The fourth-order valence-electron chi connectivity index (χ4n) is 2.73. The lowest BCUT2D eigenvalue weighted by molar-refractivity contribution is -0.161. The van der Waals surface area contributed by atoms with Crippen molar-refractivity contribution in [3.8, 4) is 0 Å². The molecule has 1 unspecified atom stereocenters. The number of carboxylic acids is 1. The van der Waals surface area contributed by atoms with Crippen molar-refractivity contribution in [2.24, 2.45) is 0 Å². The average molecular weight is 410 g/mol. The molecular weight excluding hydrogens is 388 g/mol. The van der Waals surface area contributed by atoms with Crippen LogP contribution in [0.5, 0.6) is 0 Å². The topological polar surface area (TPSA) is 107 Å². The van der Waals surface area contributed by atoms with E-state index in [0.29, 0.717) is 17.2 Å². The zero-order valence-corrected chi connectivity index (χ0v) is 16.4. The Labute approximate surface area is 173 Å². The van der Waals surface area contributed by atoms with Gasteiger partial charge in [-0.1, -0.05) is 60.7 Å². The van der Waals surface area contributed by atoms with Crippen molar-refractivity contribution >= 4 is 23.9 Å². The number of hydrogen-bond acceptors (Lipinski definition) is 6. The van der Waals surface area contributed by atoms with E-state index in [1.807, 2.05) is 12.1 Å². The molecule has 2 aromatic rings. The maximum absolute atomic E-state index is 12.7. The first-order chi connectivity index (χ1) is 14.4. The van der Waals surface area contributed by atoms with Crippen molar-refractivity contribution in [1.82, 2.24) is 0 Å². The maximum atomic E-state index is 12.7. The van der Waals surface area contributed by atoms with Crippen LogP contribution in [0.3, 0.4) is 0 Å². The fraction of sp³-hybridized carbons (Fsp3) is 0.217. The number of carbonyl (C=O) groups excluding carboxylic acids is 3. The molecule has 156 valence electrons. The predicted molar refractivity (Wildman–Crippen MR) is 107 cm³/mol. The summed E-state index contributed by atoms with van der Waals surface area (Å²) in [4.78, 5) is 46.7. The quantitative estimate of drug-likeness (QED) is 0.384. The van der Waals surface area contributed by atoms with Gasteiger partial charge in [0, 0.05) is 18.6 Å². The van der Waals surface area contributed by atoms with Gasteiger partial charge in [-0.15, -0.1) is 0 Å². The molecule has 0 aliphatic heterocycles. The Morgan fingerprint density at radius 2 is 1.43 bits per heavy atom. The molecule has 0 aliphatic rings. The van der Waals surface area contributed by atoms with Gasteiger partial charge in [0.2, 0.25) is 0 Å². The molecule has 0 saturated carbocycles. The fourth-order valence-corrected chi connectivity index (χ4v) is 2.73. The molecule has 2 rings (SSSR count). The van der Waals surface area contributed by atoms with Crippen LogP contribution in [0.2, 0.25) is 0 Å². The summed E-state index contributed by atoms with van der Waals surface area (Å²) in [5.74, 6) is -4.27. The summed E-state index contributed by atoms with van der Waals surface area (Å²) in [6.07, 6.45) is 0.775. The van der Waals surface area contributed by atoms with Crippen LogP contribution in [-0.2, 0) is 28.7 Å². The smallest absolute Gasteiger partial charge is 0.331 e. The molecule has 1 atom stereocenters. The minimum absolute atomic E-state index is 0.125. The van der Waals surface area contributed by atoms with Crippen molar-refractivity contribution in [2.45, 2.75) is 31.8 Å². The lowest BCUT2D eigenvalue weighted by Gasteiger charge is -2.16. The second-order valence-electron chi connectivity index (χ2n) is 6.51. The summed E-state index contributed by atoms with van der Waals surface area (Å²) in [6, 6.07) is 18.0. The van der Waals surface area contributed by atoms with E-state index >= 15 is 0 Å². The van der Waals surface area contributed by atoms with Crippen molar-refractivity contribution in [2.75, 3.05) is 0 Å². The molecule has 0 fully saturated rings. The molecule has 0 radical (unpaired) electrons. The summed E-state index contributed by atoms with van der Waals surface area (Å²) in [5.41, 5.74) is 1.41. The van der Waals surface area contributed by atoms with Crippen LogP contribution in [0.4, 0.5) is 0 Å². The van der Waals surface area contributed by atoms with Crippen molar-refractivity contribution in [3.63, 3.8) is 0 Å². The van der Waals surface area contributed by atoms with Crippen LogP contribution < -0.4 is 0 Å². The van der Waals surface area contributed by atoms with E-state index in [4.69, 9.17) is 14.6 Å². The first-order valence-corrected chi connectivity index (χ1v) is 9.33. The van der Waals surface area contributed by atoms with Gasteiger partial charge in [0.25, 0.3) is 0 Å². The minimum atomic E-state index is -1.27. The van der Waals surface area contributed by atoms with Gasteiger partial charge in [0.15, 0.2) is 0 Å². The first kappa shape index (κ1) is 22.5. The Kier molecular flexibility index (Phi) is 8.50. The first-order valence-electron chi connectivity index (χ1n) is 9.33. The van der Waals surface area contributed by atoms with E-state index in [1.54, 1.807) is 55.5 Å². The third-order valence-corrected chi connectivity index (χ3v) is 4.15. The lowest BCUT2D eigenvalue weighted by atomic mass is 9.91. The molecular formula is C23H22O7. The number of rotatable bonds is 9. The summed E-state index contributed by atoms with van der Waals surface area (Å²) in [7, 11) is 0. The van der Waals surface area contributed by atoms with Gasteiger partial charge in [-0.3, -0.25) is 9.59 Å². The van der Waals surface area contributed by atoms with Crippen molar-refractivity contribution in [1.29, 1.82) is 0 Å². The van der Waals surface area contributed by atoms with Gasteiger partial charge in [-0.05, 0) is 24.5 Å². The van der Waals surface area contributed by atoms with Crippen LogP contribution in [0.25, 0.3) is 0 Å². The third-order valence-electron chi connectivity index (χ3n) is 4.15. The highest BCUT2D eigenvalue weighted by Gasteiger charge is 2.26. The predicted octanol–water partition coefficient (Wildman–Crippen LogP) is 3.24. The minimum Gasteiger partial charge on any atom is -0.478 e. The van der Waals surface area contributed by atoms with Gasteiger partial charge >= 0.3 is 23.9 Å². The standard InChI is InChI=1S/C23H22O7/c1-16(29-20(26)15-13-19(24)25)12-14-21(27)30-23(28)22(17-8-4-2-5-9-17)18-10-6-3-7-11-18/h2-11,13,15-16,22H,12,14H2,1H3,(H,24,25)/b15-13-. The lowest BCUT2D eigenvalue weighted by Crippen LogP contribution is -2.22. The van der Waals surface area contributed by atoms with Crippen LogP contribution in [0, 0.1) is 0 Å². The number of hydrogen-bond donors (Lipinski definition) is 1. The highest BCUT2D eigenvalue weighted by Crippen LogP contribution is 2.26. The zero-order valence-electron chi connectivity index (χ0n) is 16.4. The number of aliphatic carboxylic acids is 1. The van der Waals surface area contributed by atoms with Crippen LogP contribution in [0.1, 0.15) is 36.8 Å². The molecule has 7 heteroatoms. The van der Waals surface area contributed by atoms with Crippen LogP contribution in [-0.4, -0.2) is 35.1 Å². The summed E-state index contributed by atoms with van der Waals surface area (Å²) < 4.78 is 10.0. The van der Waals surface area contributed by atoms with E-state index in [9.17, 15) is 19.2 Å². The summed E-state index contributed by atoms with van der Waals surface area (Å²) in [6.45, 7) is 1.55. The third kappa shape index (κ3) is 7.35. The van der Waals surface area contributed by atoms with Gasteiger partial charge < -0.3 is 14.6 Å². The highest BCUT2D eigenvalue weighted by atomic mass is 16.6. The number of benzene rings is 2. The molecule has 0 aromatic heterocycles. The normalized spacial score (nSPS) is 11.8. The molecule has 1 N–H and O–H groups in total. The molecule has 0 bridgehead atoms. The molecule has 0 saturated heterocycles. The van der Waals surface area contributed by atoms with E-state index < -0.39 is 35.9 Å². The van der Waals surface area contributed by atoms with Crippen LogP contribution >= 0.6 is 0 Å². The van der Waals surface area contributed by atoms with Gasteiger partial charge in [0.1, 0.15) is 5.92 Å². The maximum Gasteiger partial charge on any atom is 0.331 e. The number of ether oxygens (including phenoxy) is 2. The second kappa shape index (κ2) is 11.3. The van der Waals surface area contributed by atoms with Gasteiger partial charge in [-0.2, -0.15) is 0 Å². The Bertz CT molecular complexity index is 864. The number of carbonyl (C=O) groups is 4. The van der Waals surface area contributed by atoms with Gasteiger partial charge in [0.05, 0.1) is 6.10 Å². The average Bonchev–Trinajstić information content (AvgIpc) is 2.72. The largest absolute Gasteiger partial charge is 0.478 e. The van der Waals surface area contributed by atoms with E-state index in [-0.39, 0.29) is 12.8 Å². The highest BCUT2D eigenvalue weighted by molar-refractivity contribution is 5.92. The Morgan fingerprint density at radius 1 is 0.900 bits per heavy atom. The molecule has 0 aliphatic carbocycles. The van der Waals surface area contributed by atoms with Crippen LogP contribution in [0.15, 0.2) is 72.8 Å². The van der Waals surface area contributed by atoms with E-state index in [2.05, 4.69) is 0 Å². The molecule has 0 heterocycles. The van der Waals surface area contributed by atoms with Gasteiger partial charge in [-0.25, -0.2) is 9.59 Å². The Hall–Kier alpha value is -3.74. The second-order valence-corrected chi connectivity index (χ2v) is 6.51. The molecule has 2 aromatic carbocycles. The molecule has 0 spiro atoms. The molecule has 30 heavy (non-hydrogen) atoms. The SMILES string of the molecule is CC(CCC(=O)OC(=O)C(c1ccccc1)c1ccccc1)OC(=O)/C=C\C(=O)O. The van der Waals surface area contributed by atoms with Crippen molar-refractivity contribution in [3.05, 3.63) is 83.9 Å². The molecule has 7 nitrogen and oxygen atoms in total. The monoisotopic (exact) mass is 410 g/mol. The Balaban J connectivity index is 1.95. The Morgan fingerprint density at radius 3 is 1.93 bits per heavy atom. The summed E-state index contributed by atoms with van der Waals surface area (Å²) in [5, 5.41) is 8.48. The van der Waals surface area contributed by atoms with E-state index in [0.717, 1.165) is 6.08 Å². The number of esters is 3. The summed E-state index contributed by atoms with van der Waals surface area (Å²) >= 11 is 0. The number of carboxylic acid groups (broad SMARTS) is 1. The van der Waals surface area contributed by atoms with E-state index in [1.165, 1.54) is 0 Å². The molecule has 0 amide bonds. The van der Waals surface area contributed by atoms with Crippen molar-refractivity contribution < 1.29 is 33.8 Å². The zero-order chi connectivity index (χ0) is 21.9.